The fourth-order valence-electron chi connectivity index (χ4n) is 3.19. The molecule has 0 spiro atoms. The van der Waals surface area contributed by atoms with E-state index in [-0.39, 0.29) is 23.4 Å². The first-order valence-electron chi connectivity index (χ1n) is 8.86. The normalized spacial score (nSPS) is 23.3. The standard InChI is InChI=1S/C20H30N2O3/c1-14(16-10-8-7-9-11-16)22-13-20(6,12-17(22)23)15(2)21-18(24)25-19(3,4)5/h7-11,14-15H,12-13H2,1-6H3,(H,21,24)/t14-,15+,20-/m1/s1. The van der Waals surface area contributed by atoms with Gasteiger partial charge in [0.05, 0.1) is 6.04 Å². The minimum Gasteiger partial charge on any atom is -0.444 e. The molecule has 2 amide bonds. The number of carbonyl (C=O) groups is 2. The first-order valence-corrected chi connectivity index (χ1v) is 8.86. The first-order chi connectivity index (χ1) is 11.5. The van der Waals surface area contributed by atoms with E-state index in [1.54, 1.807) is 0 Å². The van der Waals surface area contributed by atoms with E-state index in [9.17, 15) is 9.59 Å². The molecule has 0 aliphatic carbocycles. The highest BCUT2D eigenvalue weighted by Crippen LogP contribution is 2.38. The van der Waals surface area contributed by atoms with E-state index in [1.807, 2.05) is 76.8 Å². The van der Waals surface area contributed by atoms with E-state index in [4.69, 9.17) is 4.74 Å². The molecule has 1 aromatic rings. The monoisotopic (exact) mass is 346 g/mol. The molecule has 0 saturated carbocycles. The molecule has 1 N–H and O–H groups in total. The van der Waals surface area contributed by atoms with Crippen LogP contribution in [-0.4, -0.2) is 35.1 Å². The van der Waals surface area contributed by atoms with Crippen LogP contribution in [0.3, 0.4) is 0 Å². The molecule has 0 bridgehead atoms. The average molecular weight is 346 g/mol. The molecule has 3 atom stereocenters. The van der Waals surface area contributed by atoms with Gasteiger partial charge in [0.1, 0.15) is 5.60 Å². The fraction of sp³-hybridized carbons (Fsp3) is 0.600. The Bertz CT molecular complexity index is 624. The van der Waals surface area contributed by atoms with E-state index < -0.39 is 11.7 Å². The van der Waals surface area contributed by atoms with Gasteiger partial charge in [-0.15, -0.1) is 0 Å². The van der Waals surface area contributed by atoms with Crippen molar-refractivity contribution in [2.75, 3.05) is 6.54 Å². The second-order valence-corrected chi connectivity index (χ2v) is 8.31. The summed E-state index contributed by atoms with van der Waals surface area (Å²) < 4.78 is 5.33. The topological polar surface area (TPSA) is 58.6 Å². The van der Waals surface area contributed by atoms with Gasteiger partial charge in [0.25, 0.3) is 0 Å². The van der Waals surface area contributed by atoms with Crippen LogP contribution in [0.25, 0.3) is 0 Å². The highest BCUT2D eigenvalue weighted by atomic mass is 16.6. The predicted octanol–water partition coefficient (Wildman–Crippen LogP) is 3.90. The van der Waals surface area contributed by atoms with E-state index >= 15 is 0 Å². The maximum Gasteiger partial charge on any atom is 0.407 e. The lowest BCUT2D eigenvalue weighted by molar-refractivity contribution is -0.129. The number of alkyl carbamates (subject to hydrolysis) is 1. The van der Waals surface area contributed by atoms with Crippen LogP contribution < -0.4 is 5.32 Å². The third kappa shape index (κ3) is 4.74. The Morgan fingerprint density at radius 1 is 1.24 bits per heavy atom. The van der Waals surface area contributed by atoms with Gasteiger partial charge in [0, 0.05) is 24.4 Å². The Morgan fingerprint density at radius 2 is 1.84 bits per heavy atom. The van der Waals surface area contributed by atoms with E-state index in [1.165, 1.54) is 0 Å². The fourth-order valence-corrected chi connectivity index (χ4v) is 3.19. The Hall–Kier alpha value is -2.04. The van der Waals surface area contributed by atoms with Crippen molar-refractivity contribution in [3.63, 3.8) is 0 Å². The molecule has 0 aromatic heterocycles. The molecule has 5 heteroatoms. The highest BCUT2D eigenvalue weighted by molar-refractivity contribution is 5.80. The first kappa shape index (κ1) is 19.3. The summed E-state index contributed by atoms with van der Waals surface area (Å²) in [5.41, 5.74) is 0.258. The quantitative estimate of drug-likeness (QED) is 0.899. The van der Waals surface area contributed by atoms with Crippen molar-refractivity contribution in [2.45, 2.75) is 65.6 Å². The van der Waals surface area contributed by atoms with E-state index in [2.05, 4.69) is 5.32 Å². The van der Waals surface area contributed by atoms with Crippen molar-refractivity contribution in [1.29, 1.82) is 0 Å². The van der Waals surface area contributed by atoms with Gasteiger partial charge in [-0.05, 0) is 40.2 Å². The molecule has 0 unspecified atom stereocenters. The van der Waals surface area contributed by atoms with Gasteiger partial charge in [-0.1, -0.05) is 37.3 Å². The lowest BCUT2D eigenvalue weighted by Gasteiger charge is -2.33. The summed E-state index contributed by atoms with van der Waals surface area (Å²) >= 11 is 0. The van der Waals surface area contributed by atoms with Crippen molar-refractivity contribution in [3.8, 4) is 0 Å². The van der Waals surface area contributed by atoms with Gasteiger partial charge in [-0.2, -0.15) is 0 Å². The van der Waals surface area contributed by atoms with E-state index in [0.29, 0.717) is 13.0 Å². The number of nitrogens with one attached hydrogen (secondary N) is 1. The van der Waals surface area contributed by atoms with Gasteiger partial charge >= 0.3 is 6.09 Å². The summed E-state index contributed by atoms with van der Waals surface area (Å²) in [6.45, 7) is 12.1. The Balaban J connectivity index is 2.05. The summed E-state index contributed by atoms with van der Waals surface area (Å²) in [6, 6.07) is 9.87. The summed E-state index contributed by atoms with van der Waals surface area (Å²) in [5.74, 6) is 0.122. The summed E-state index contributed by atoms with van der Waals surface area (Å²) in [5, 5.41) is 2.90. The largest absolute Gasteiger partial charge is 0.444 e. The highest BCUT2D eigenvalue weighted by Gasteiger charge is 2.45. The van der Waals surface area contributed by atoms with Gasteiger partial charge in [-0.25, -0.2) is 4.79 Å². The summed E-state index contributed by atoms with van der Waals surface area (Å²) in [7, 11) is 0. The Kier molecular flexibility index (Phi) is 5.45. The molecule has 1 saturated heterocycles. The van der Waals surface area contributed by atoms with Crippen LogP contribution >= 0.6 is 0 Å². The SMILES string of the molecule is C[C@H](c1ccccc1)N1C[C@](C)([C@H](C)NC(=O)OC(C)(C)C)CC1=O. The number of rotatable bonds is 4. The third-order valence-corrected chi connectivity index (χ3v) is 4.94. The van der Waals surface area contributed by atoms with Crippen LogP contribution in [0, 0.1) is 5.41 Å². The minimum atomic E-state index is -0.538. The van der Waals surface area contributed by atoms with Gasteiger partial charge in [0.15, 0.2) is 0 Å². The number of hydrogen-bond acceptors (Lipinski definition) is 3. The molecule has 5 nitrogen and oxygen atoms in total. The molecule has 25 heavy (non-hydrogen) atoms. The van der Waals surface area contributed by atoms with Gasteiger partial charge in [0.2, 0.25) is 5.91 Å². The lowest BCUT2D eigenvalue weighted by atomic mass is 9.82. The van der Waals surface area contributed by atoms with Crippen LogP contribution in [0.1, 0.15) is 59.6 Å². The second kappa shape index (κ2) is 7.06. The number of benzene rings is 1. The zero-order chi connectivity index (χ0) is 18.8. The molecule has 2 rings (SSSR count). The average Bonchev–Trinajstić information content (AvgIpc) is 2.82. The molecule has 0 radical (unpaired) electrons. The van der Waals surface area contributed by atoms with Crippen molar-refractivity contribution in [2.24, 2.45) is 5.41 Å². The van der Waals surface area contributed by atoms with Crippen molar-refractivity contribution >= 4 is 12.0 Å². The Labute approximate surface area is 150 Å². The van der Waals surface area contributed by atoms with E-state index in [0.717, 1.165) is 5.56 Å². The minimum absolute atomic E-state index is 0.0178. The number of amides is 2. The predicted molar refractivity (Wildman–Crippen MR) is 98.1 cm³/mol. The molecular weight excluding hydrogens is 316 g/mol. The van der Waals surface area contributed by atoms with Crippen LogP contribution in [0.4, 0.5) is 4.79 Å². The number of hydrogen-bond donors (Lipinski definition) is 1. The number of carbonyl (C=O) groups excluding carboxylic acids is 2. The Morgan fingerprint density at radius 3 is 2.40 bits per heavy atom. The maximum atomic E-state index is 12.6. The molecule has 1 aliphatic heterocycles. The van der Waals surface area contributed by atoms with Crippen LogP contribution in [0.15, 0.2) is 30.3 Å². The second-order valence-electron chi connectivity index (χ2n) is 8.31. The lowest BCUT2D eigenvalue weighted by Crippen LogP contribution is -2.47. The third-order valence-electron chi connectivity index (χ3n) is 4.94. The summed E-state index contributed by atoms with van der Waals surface area (Å²) in [4.78, 5) is 26.6. The number of ether oxygens (including phenoxy) is 1. The van der Waals surface area contributed by atoms with Crippen LogP contribution in [-0.2, 0) is 9.53 Å². The molecule has 1 fully saturated rings. The maximum absolute atomic E-state index is 12.6. The molecule has 1 aliphatic rings. The van der Waals surface area contributed by atoms with Crippen LogP contribution in [0.2, 0.25) is 0 Å². The van der Waals surface area contributed by atoms with Crippen molar-refractivity contribution in [3.05, 3.63) is 35.9 Å². The zero-order valence-electron chi connectivity index (χ0n) is 16.1. The molecule has 138 valence electrons. The molecule has 1 aromatic carbocycles. The van der Waals surface area contributed by atoms with Crippen LogP contribution in [0.5, 0.6) is 0 Å². The van der Waals surface area contributed by atoms with Gasteiger partial charge in [-0.3, -0.25) is 4.79 Å². The van der Waals surface area contributed by atoms with Crippen molar-refractivity contribution < 1.29 is 14.3 Å². The number of likely N-dealkylation sites (tertiary alicyclic amines) is 1. The summed E-state index contributed by atoms with van der Waals surface area (Å²) in [6.07, 6.45) is -0.0237. The van der Waals surface area contributed by atoms with Crippen molar-refractivity contribution in [1.82, 2.24) is 10.2 Å². The van der Waals surface area contributed by atoms with Gasteiger partial charge < -0.3 is 15.0 Å². The smallest absolute Gasteiger partial charge is 0.407 e. The molecule has 1 heterocycles. The number of nitrogens with zero attached hydrogens (tertiary/aromatic N) is 1. The molecular formula is C20H30N2O3. The zero-order valence-corrected chi connectivity index (χ0v) is 16.1.